The summed E-state index contributed by atoms with van der Waals surface area (Å²) < 4.78 is 10.6. The molecule has 0 saturated heterocycles. The Labute approximate surface area is 190 Å². The summed E-state index contributed by atoms with van der Waals surface area (Å²) in [5, 5.41) is 6.64. The molecule has 168 valence electrons. The van der Waals surface area contributed by atoms with Crippen LogP contribution in [0.1, 0.15) is 39.5 Å². The SMILES string of the molecule is COCc1nc(OC)c2c(C)c(C(=O)NC(Cc3ccccc3)C(=O)NC3CC3)sc2n1. The summed E-state index contributed by atoms with van der Waals surface area (Å²) in [7, 11) is 3.10. The van der Waals surface area contributed by atoms with Crippen LogP contribution in [-0.2, 0) is 22.6 Å². The van der Waals surface area contributed by atoms with E-state index >= 15 is 0 Å². The molecule has 2 heterocycles. The molecule has 4 rings (SSSR count). The smallest absolute Gasteiger partial charge is 0.262 e. The monoisotopic (exact) mass is 454 g/mol. The molecular weight excluding hydrogens is 428 g/mol. The van der Waals surface area contributed by atoms with Crippen LogP contribution in [0, 0.1) is 6.92 Å². The van der Waals surface area contributed by atoms with Crippen molar-refractivity contribution >= 4 is 33.4 Å². The lowest BCUT2D eigenvalue weighted by Gasteiger charge is -2.18. The van der Waals surface area contributed by atoms with Crippen LogP contribution in [0.4, 0.5) is 0 Å². The highest BCUT2D eigenvalue weighted by Crippen LogP contribution is 2.35. The number of amides is 2. The minimum absolute atomic E-state index is 0.164. The van der Waals surface area contributed by atoms with E-state index in [1.807, 2.05) is 37.3 Å². The summed E-state index contributed by atoms with van der Waals surface area (Å²) in [5.74, 6) is 0.411. The van der Waals surface area contributed by atoms with Gasteiger partial charge in [-0.3, -0.25) is 9.59 Å². The predicted molar refractivity (Wildman–Crippen MR) is 122 cm³/mol. The molecule has 0 spiro atoms. The standard InChI is InChI=1S/C23H26N4O4S/c1-13-18-22(31-3)26-17(12-30-2)27-23(18)32-19(13)21(29)25-16(20(28)24-15-9-10-15)11-14-7-5-4-6-8-14/h4-8,15-16H,9-12H2,1-3H3,(H,24,28)(H,25,29). The van der Waals surface area contributed by atoms with Crippen molar-refractivity contribution in [2.24, 2.45) is 0 Å². The van der Waals surface area contributed by atoms with E-state index < -0.39 is 6.04 Å². The summed E-state index contributed by atoms with van der Waals surface area (Å²) in [6.07, 6.45) is 2.38. The van der Waals surface area contributed by atoms with Crippen molar-refractivity contribution < 1.29 is 19.1 Å². The third-order valence-electron chi connectivity index (χ3n) is 5.30. The van der Waals surface area contributed by atoms with E-state index in [0.717, 1.165) is 24.0 Å². The Hall–Kier alpha value is -3.04. The molecule has 1 unspecified atom stereocenters. The van der Waals surface area contributed by atoms with Crippen LogP contribution in [0.25, 0.3) is 10.2 Å². The molecule has 1 fully saturated rings. The second-order valence-corrected chi connectivity index (χ2v) is 8.82. The number of hydrogen-bond donors (Lipinski definition) is 2. The van der Waals surface area contributed by atoms with Gasteiger partial charge in [-0.15, -0.1) is 11.3 Å². The minimum atomic E-state index is -0.674. The maximum absolute atomic E-state index is 13.3. The highest BCUT2D eigenvalue weighted by atomic mass is 32.1. The molecule has 1 atom stereocenters. The predicted octanol–water partition coefficient (Wildman–Crippen LogP) is 2.77. The number of rotatable bonds is 9. The van der Waals surface area contributed by atoms with E-state index in [9.17, 15) is 9.59 Å². The number of benzene rings is 1. The van der Waals surface area contributed by atoms with Gasteiger partial charge in [0.25, 0.3) is 5.91 Å². The second kappa shape index (κ2) is 9.62. The summed E-state index contributed by atoms with van der Waals surface area (Å²) in [4.78, 5) is 36.1. The molecule has 3 aromatic rings. The first-order valence-electron chi connectivity index (χ1n) is 10.5. The molecule has 0 aliphatic heterocycles. The lowest BCUT2D eigenvalue weighted by molar-refractivity contribution is -0.123. The van der Waals surface area contributed by atoms with Gasteiger partial charge in [-0.2, -0.15) is 4.98 Å². The van der Waals surface area contributed by atoms with Crippen LogP contribution >= 0.6 is 11.3 Å². The van der Waals surface area contributed by atoms with E-state index in [1.54, 1.807) is 7.11 Å². The number of nitrogens with one attached hydrogen (secondary N) is 2. The van der Waals surface area contributed by atoms with E-state index in [2.05, 4.69) is 20.6 Å². The zero-order chi connectivity index (χ0) is 22.7. The number of thiophene rings is 1. The van der Waals surface area contributed by atoms with Gasteiger partial charge in [0.15, 0.2) is 5.82 Å². The molecule has 1 aromatic carbocycles. The molecule has 2 aromatic heterocycles. The first-order valence-corrected chi connectivity index (χ1v) is 11.3. The topological polar surface area (TPSA) is 102 Å². The summed E-state index contributed by atoms with van der Waals surface area (Å²) >= 11 is 1.26. The van der Waals surface area contributed by atoms with Crippen molar-refractivity contribution in [1.29, 1.82) is 0 Å². The second-order valence-electron chi connectivity index (χ2n) is 7.82. The number of aryl methyl sites for hydroxylation is 1. The van der Waals surface area contributed by atoms with Crippen molar-refractivity contribution in [2.45, 2.75) is 44.9 Å². The maximum Gasteiger partial charge on any atom is 0.262 e. The highest BCUT2D eigenvalue weighted by molar-refractivity contribution is 7.20. The van der Waals surface area contributed by atoms with Gasteiger partial charge in [-0.05, 0) is 30.9 Å². The van der Waals surface area contributed by atoms with Gasteiger partial charge in [0.1, 0.15) is 17.5 Å². The maximum atomic E-state index is 13.3. The van der Waals surface area contributed by atoms with E-state index in [4.69, 9.17) is 9.47 Å². The molecule has 8 nitrogen and oxygen atoms in total. The third kappa shape index (κ3) is 4.89. The summed E-state index contributed by atoms with van der Waals surface area (Å²) in [6.45, 7) is 2.08. The number of carbonyl (C=O) groups is 2. The van der Waals surface area contributed by atoms with Crippen LogP contribution in [-0.4, -0.2) is 48.1 Å². The Morgan fingerprint density at radius 2 is 1.94 bits per heavy atom. The number of ether oxygens (including phenoxy) is 2. The number of aromatic nitrogens is 2. The van der Waals surface area contributed by atoms with E-state index in [1.165, 1.54) is 18.4 Å². The first-order chi connectivity index (χ1) is 15.5. The lowest BCUT2D eigenvalue weighted by atomic mass is 10.0. The van der Waals surface area contributed by atoms with Gasteiger partial charge in [0.2, 0.25) is 11.8 Å². The van der Waals surface area contributed by atoms with Gasteiger partial charge >= 0.3 is 0 Å². The van der Waals surface area contributed by atoms with Crippen LogP contribution in [0.5, 0.6) is 5.88 Å². The van der Waals surface area contributed by atoms with Gasteiger partial charge in [0, 0.05) is 19.6 Å². The Balaban J connectivity index is 1.62. The van der Waals surface area contributed by atoms with Crippen LogP contribution < -0.4 is 15.4 Å². The van der Waals surface area contributed by atoms with Gasteiger partial charge in [-0.25, -0.2) is 4.98 Å². The summed E-state index contributed by atoms with van der Waals surface area (Å²) in [6, 6.07) is 9.21. The highest BCUT2D eigenvalue weighted by Gasteiger charge is 2.30. The van der Waals surface area contributed by atoms with Crippen molar-refractivity contribution in [1.82, 2.24) is 20.6 Å². The molecule has 2 N–H and O–H groups in total. The van der Waals surface area contributed by atoms with Gasteiger partial charge in [0.05, 0.1) is 17.4 Å². The molecule has 1 aliphatic rings. The Morgan fingerprint density at radius 1 is 1.19 bits per heavy atom. The normalized spacial score (nSPS) is 14.2. The van der Waals surface area contributed by atoms with Crippen LogP contribution in [0.2, 0.25) is 0 Å². The molecule has 2 amide bonds. The number of fused-ring (bicyclic) bond motifs is 1. The van der Waals surface area contributed by atoms with Crippen molar-refractivity contribution in [2.75, 3.05) is 14.2 Å². The fourth-order valence-corrected chi connectivity index (χ4v) is 4.61. The Bertz CT molecular complexity index is 1130. The van der Waals surface area contributed by atoms with Crippen LogP contribution in [0.3, 0.4) is 0 Å². The minimum Gasteiger partial charge on any atom is -0.480 e. The van der Waals surface area contributed by atoms with Crippen molar-refractivity contribution in [3.8, 4) is 5.88 Å². The van der Waals surface area contributed by atoms with Gasteiger partial charge < -0.3 is 20.1 Å². The molecule has 1 saturated carbocycles. The largest absolute Gasteiger partial charge is 0.480 e. The Kier molecular flexibility index (Phi) is 6.66. The molecule has 0 bridgehead atoms. The number of methoxy groups -OCH3 is 2. The molecule has 32 heavy (non-hydrogen) atoms. The van der Waals surface area contributed by atoms with Crippen molar-refractivity contribution in [3.63, 3.8) is 0 Å². The molecular formula is C23H26N4O4S. The van der Waals surface area contributed by atoms with Crippen molar-refractivity contribution in [3.05, 3.63) is 52.2 Å². The summed E-state index contributed by atoms with van der Waals surface area (Å²) in [5.41, 5.74) is 1.71. The van der Waals surface area contributed by atoms with E-state index in [0.29, 0.717) is 33.2 Å². The first kappa shape index (κ1) is 22.2. The number of carbonyl (C=O) groups excluding carboxylic acids is 2. The fourth-order valence-electron chi connectivity index (χ4n) is 3.51. The molecule has 9 heteroatoms. The molecule has 0 radical (unpaired) electrons. The number of hydrogen-bond acceptors (Lipinski definition) is 7. The number of nitrogens with zero attached hydrogens (tertiary/aromatic N) is 2. The zero-order valence-electron chi connectivity index (χ0n) is 18.3. The van der Waals surface area contributed by atoms with Crippen LogP contribution in [0.15, 0.2) is 30.3 Å². The average Bonchev–Trinajstić information content (AvgIpc) is 3.54. The fraction of sp³-hybridized carbons (Fsp3) is 0.391. The average molecular weight is 455 g/mol. The quantitative estimate of drug-likeness (QED) is 0.515. The Morgan fingerprint density at radius 3 is 2.59 bits per heavy atom. The zero-order valence-corrected chi connectivity index (χ0v) is 19.1. The van der Waals surface area contributed by atoms with E-state index in [-0.39, 0.29) is 24.5 Å². The lowest BCUT2D eigenvalue weighted by Crippen LogP contribution is -2.48. The van der Waals surface area contributed by atoms with Gasteiger partial charge in [-0.1, -0.05) is 30.3 Å². The molecule has 1 aliphatic carbocycles. The third-order valence-corrected chi connectivity index (χ3v) is 6.49.